The number of aliphatic hydroxyl groups excluding tert-OH is 1. The molecular weight excluding hydrogens is 202 g/mol. The van der Waals surface area contributed by atoms with Gasteiger partial charge < -0.3 is 10.0 Å². The number of anilines is 1. The van der Waals surface area contributed by atoms with E-state index < -0.39 is 0 Å². The molecule has 86 valence electrons. The van der Waals surface area contributed by atoms with Gasteiger partial charge in [-0.1, -0.05) is 0 Å². The van der Waals surface area contributed by atoms with Gasteiger partial charge in [0.05, 0.1) is 6.61 Å². The van der Waals surface area contributed by atoms with Crippen molar-refractivity contribution >= 4 is 5.82 Å². The van der Waals surface area contributed by atoms with Gasteiger partial charge in [-0.15, -0.1) is 0 Å². The van der Waals surface area contributed by atoms with Crippen molar-refractivity contribution in [3.05, 3.63) is 17.6 Å². The van der Waals surface area contributed by atoms with Crippen LogP contribution in [0.2, 0.25) is 0 Å². The molecule has 0 amide bonds. The van der Waals surface area contributed by atoms with Crippen molar-refractivity contribution in [1.29, 1.82) is 0 Å². The van der Waals surface area contributed by atoms with E-state index >= 15 is 0 Å². The molecule has 4 nitrogen and oxygen atoms in total. The minimum absolute atomic E-state index is 0.204. The Morgan fingerprint density at radius 2 is 2.19 bits per heavy atom. The lowest BCUT2D eigenvalue weighted by atomic mass is 10.2. The standard InChI is InChI=1S/C12H17N3O/c16-7-6-15(9-4-5-9)12-10-2-1-3-11(10)13-8-14-12/h8-9,16H,1-7H2. The third kappa shape index (κ3) is 1.67. The van der Waals surface area contributed by atoms with E-state index in [9.17, 15) is 0 Å². The second-order valence-corrected chi connectivity index (χ2v) is 4.62. The van der Waals surface area contributed by atoms with E-state index in [-0.39, 0.29) is 6.61 Å². The highest BCUT2D eigenvalue weighted by molar-refractivity contribution is 5.52. The van der Waals surface area contributed by atoms with Gasteiger partial charge >= 0.3 is 0 Å². The maximum absolute atomic E-state index is 9.14. The molecule has 0 aromatic carbocycles. The number of hydrogen-bond acceptors (Lipinski definition) is 4. The first kappa shape index (κ1) is 10.0. The summed E-state index contributed by atoms with van der Waals surface area (Å²) < 4.78 is 0. The van der Waals surface area contributed by atoms with Gasteiger partial charge in [0, 0.05) is 23.8 Å². The largest absolute Gasteiger partial charge is 0.395 e. The summed E-state index contributed by atoms with van der Waals surface area (Å²) in [5, 5.41) is 9.14. The molecule has 0 radical (unpaired) electrons. The van der Waals surface area contributed by atoms with Gasteiger partial charge in [-0.3, -0.25) is 0 Å². The van der Waals surface area contributed by atoms with Gasteiger partial charge in [-0.2, -0.15) is 0 Å². The summed E-state index contributed by atoms with van der Waals surface area (Å²) in [6.45, 7) is 0.906. The molecular formula is C12H17N3O. The predicted molar refractivity (Wildman–Crippen MR) is 61.5 cm³/mol. The molecule has 1 aromatic rings. The number of aliphatic hydroxyl groups is 1. The van der Waals surface area contributed by atoms with Crippen LogP contribution in [-0.4, -0.2) is 34.3 Å². The van der Waals surface area contributed by atoms with Crippen LogP contribution in [0.15, 0.2) is 6.33 Å². The van der Waals surface area contributed by atoms with Crippen molar-refractivity contribution < 1.29 is 5.11 Å². The van der Waals surface area contributed by atoms with Crippen molar-refractivity contribution in [2.24, 2.45) is 0 Å². The molecule has 1 N–H and O–H groups in total. The summed E-state index contributed by atoms with van der Waals surface area (Å²) >= 11 is 0. The van der Waals surface area contributed by atoms with E-state index in [0.29, 0.717) is 12.6 Å². The summed E-state index contributed by atoms with van der Waals surface area (Å²) in [5.74, 6) is 1.08. The number of aromatic nitrogens is 2. The molecule has 3 rings (SSSR count). The Morgan fingerprint density at radius 3 is 2.94 bits per heavy atom. The van der Waals surface area contributed by atoms with E-state index in [0.717, 1.165) is 18.7 Å². The third-order valence-corrected chi connectivity index (χ3v) is 3.45. The van der Waals surface area contributed by atoms with E-state index in [4.69, 9.17) is 5.11 Å². The minimum atomic E-state index is 0.204. The fourth-order valence-electron chi connectivity index (χ4n) is 2.55. The van der Waals surface area contributed by atoms with Crippen LogP contribution >= 0.6 is 0 Å². The lowest BCUT2D eigenvalue weighted by Crippen LogP contribution is -2.30. The highest BCUT2D eigenvalue weighted by Gasteiger charge is 2.32. The number of aryl methyl sites for hydroxylation is 1. The Kier molecular flexibility index (Phi) is 2.52. The van der Waals surface area contributed by atoms with Gasteiger partial charge in [-0.25, -0.2) is 9.97 Å². The Morgan fingerprint density at radius 1 is 1.31 bits per heavy atom. The number of hydrogen-bond donors (Lipinski definition) is 1. The van der Waals surface area contributed by atoms with E-state index in [1.807, 2.05) is 0 Å². The van der Waals surface area contributed by atoms with Crippen molar-refractivity contribution in [3.63, 3.8) is 0 Å². The van der Waals surface area contributed by atoms with Crippen molar-refractivity contribution in [1.82, 2.24) is 9.97 Å². The first-order chi connectivity index (χ1) is 7.90. The molecule has 0 bridgehead atoms. The van der Waals surface area contributed by atoms with Crippen molar-refractivity contribution in [3.8, 4) is 0 Å². The summed E-state index contributed by atoms with van der Waals surface area (Å²) in [6, 6.07) is 0.603. The van der Waals surface area contributed by atoms with Crippen molar-refractivity contribution in [2.45, 2.75) is 38.1 Å². The molecule has 1 fully saturated rings. The van der Waals surface area contributed by atoms with Crippen LogP contribution in [0.5, 0.6) is 0 Å². The normalized spacial score (nSPS) is 18.6. The number of rotatable bonds is 4. The summed E-state index contributed by atoms with van der Waals surface area (Å²) in [5.41, 5.74) is 2.54. The van der Waals surface area contributed by atoms with Gasteiger partial charge in [0.25, 0.3) is 0 Å². The molecule has 1 heterocycles. The Labute approximate surface area is 95.3 Å². The number of fused-ring (bicyclic) bond motifs is 1. The molecule has 0 unspecified atom stereocenters. The molecule has 16 heavy (non-hydrogen) atoms. The molecule has 1 saturated carbocycles. The molecule has 2 aliphatic rings. The maximum Gasteiger partial charge on any atom is 0.135 e. The smallest absolute Gasteiger partial charge is 0.135 e. The Bertz CT molecular complexity index is 390. The topological polar surface area (TPSA) is 49.2 Å². The molecule has 0 spiro atoms. The fourth-order valence-corrected chi connectivity index (χ4v) is 2.55. The van der Waals surface area contributed by atoms with Gasteiger partial charge in [0.15, 0.2) is 0 Å². The number of nitrogens with zero attached hydrogens (tertiary/aromatic N) is 3. The monoisotopic (exact) mass is 219 g/mol. The van der Waals surface area contributed by atoms with Crippen LogP contribution in [0.25, 0.3) is 0 Å². The minimum Gasteiger partial charge on any atom is -0.395 e. The zero-order valence-corrected chi connectivity index (χ0v) is 9.39. The SMILES string of the molecule is OCCN(c1ncnc2c1CCC2)C1CC1. The quantitative estimate of drug-likeness (QED) is 0.818. The Balaban J connectivity index is 1.94. The average Bonchev–Trinajstić information content (AvgIpc) is 3.02. The molecule has 0 aliphatic heterocycles. The van der Waals surface area contributed by atoms with Gasteiger partial charge in [0.2, 0.25) is 0 Å². The summed E-state index contributed by atoms with van der Waals surface area (Å²) in [7, 11) is 0. The van der Waals surface area contributed by atoms with E-state index in [2.05, 4.69) is 14.9 Å². The van der Waals surface area contributed by atoms with E-state index in [1.54, 1.807) is 6.33 Å². The maximum atomic E-state index is 9.14. The predicted octanol–water partition coefficient (Wildman–Crippen LogP) is 0.926. The summed E-state index contributed by atoms with van der Waals surface area (Å²) in [6.07, 6.45) is 7.52. The highest BCUT2D eigenvalue weighted by atomic mass is 16.3. The zero-order valence-electron chi connectivity index (χ0n) is 9.39. The molecule has 2 aliphatic carbocycles. The molecule has 1 aromatic heterocycles. The second kappa shape index (κ2) is 4.01. The molecule has 0 saturated heterocycles. The highest BCUT2D eigenvalue weighted by Crippen LogP contribution is 2.35. The van der Waals surface area contributed by atoms with Crippen LogP contribution in [-0.2, 0) is 12.8 Å². The van der Waals surface area contributed by atoms with Crippen LogP contribution in [0.3, 0.4) is 0 Å². The van der Waals surface area contributed by atoms with Crippen LogP contribution in [0, 0.1) is 0 Å². The fraction of sp³-hybridized carbons (Fsp3) is 0.667. The molecule has 4 heteroatoms. The van der Waals surface area contributed by atoms with Crippen molar-refractivity contribution in [2.75, 3.05) is 18.1 Å². The zero-order chi connectivity index (χ0) is 11.0. The second-order valence-electron chi connectivity index (χ2n) is 4.62. The van der Waals surface area contributed by atoms with Gasteiger partial charge in [0.1, 0.15) is 12.1 Å². The lowest BCUT2D eigenvalue weighted by molar-refractivity contribution is 0.301. The van der Waals surface area contributed by atoms with Crippen LogP contribution in [0.4, 0.5) is 5.82 Å². The van der Waals surface area contributed by atoms with Gasteiger partial charge in [-0.05, 0) is 32.1 Å². The average molecular weight is 219 g/mol. The Hall–Kier alpha value is -1.16. The lowest BCUT2D eigenvalue weighted by Gasteiger charge is -2.24. The molecule has 0 atom stereocenters. The van der Waals surface area contributed by atoms with E-state index in [1.165, 1.54) is 30.5 Å². The first-order valence-corrected chi connectivity index (χ1v) is 6.10. The third-order valence-electron chi connectivity index (χ3n) is 3.45. The van der Waals surface area contributed by atoms with Crippen LogP contribution < -0.4 is 4.90 Å². The summed E-state index contributed by atoms with van der Waals surface area (Å²) in [4.78, 5) is 11.0. The van der Waals surface area contributed by atoms with Crippen LogP contribution in [0.1, 0.15) is 30.5 Å². The first-order valence-electron chi connectivity index (χ1n) is 6.10.